The molecule has 0 bridgehead atoms. The molecule has 0 unspecified atom stereocenters. The highest BCUT2D eigenvalue weighted by molar-refractivity contribution is 5.86. The summed E-state index contributed by atoms with van der Waals surface area (Å²) in [6.07, 6.45) is -5.27. The highest BCUT2D eigenvalue weighted by Crippen LogP contribution is 2.45. The van der Waals surface area contributed by atoms with Gasteiger partial charge in [0, 0.05) is 6.42 Å². The molecular weight excluding hydrogens is 390 g/mol. The molecule has 0 aliphatic heterocycles. The van der Waals surface area contributed by atoms with Crippen molar-refractivity contribution in [2.24, 2.45) is 0 Å². The number of rotatable bonds is 2. The molecule has 1 radical (unpaired) electrons. The zero-order valence-electron chi connectivity index (χ0n) is 16.5. The molecule has 0 fully saturated rings. The quantitative estimate of drug-likeness (QED) is 0.439. The van der Waals surface area contributed by atoms with E-state index in [1.807, 2.05) is 46.3 Å². The van der Waals surface area contributed by atoms with Crippen molar-refractivity contribution in [3.63, 3.8) is 0 Å². The van der Waals surface area contributed by atoms with E-state index >= 15 is 0 Å². The van der Waals surface area contributed by atoms with Crippen molar-refractivity contribution in [1.29, 1.82) is 0 Å². The van der Waals surface area contributed by atoms with Gasteiger partial charge in [-0.15, -0.1) is 0 Å². The van der Waals surface area contributed by atoms with E-state index in [1.54, 1.807) is 6.07 Å². The van der Waals surface area contributed by atoms with Gasteiger partial charge < -0.3 is 0 Å². The van der Waals surface area contributed by atoms with Crippen LogP contribution >= 0.6 is 0 Å². The summed E-state index contributed by atoms with van der Waals surface area (Å²) in [4.78, 5) is 0. The highest BCUT2D eigenvalue weighted by Gasteiger charge is 2.38. The van der Waals surface area contributed by atoms with Crippen molar-refractivity contribution in [2.45, 2.75) is 51.9 Å². The van der Waals surface area contributed by atoms with Crippen molar-refractivity contribution in [2.75, 3.05) is 0 Å². The lowest BCUT2D eigenvalue weighted by Gasteiger charge is -2.26. The lowest BCUT2D eigenvalue weighted by Crippen LogP contribution is -2.15. The Labute approximate surface area is 166 Å². The van der Waals surface area contributed by atoms with Gasteiger partial charge in [-0.2, -0.15) is 26.3 Å². The van der Waals surface area contributed by atoms with Gasteiger partial charge in [-0.3, -0.25) is 0 Å². The molecule has 0 saturated heterocycles. The minimum Gasteiger partial charge on any atom is -0.166 e. The van der Waals surface area contributed by atoms with Crippen LogP contribution in [0.1, 0.15) is 61.9 Å². The van der Waals surface area contributed by atoms with Gasteiger partial charge in [0.2, 0.25) is 0 Å². The Bertz CT molecular complexity index is 936. The molecule has 0 atom stereocenters. The molecule has 0 nitrogen and oxygen atoms in total. The summed E-state index contributed by atoms with van der Waals surface area (Å²) >= 11 is 0. The van der Waals surface area contributed by atoms with Crippen LogP contribution in [0.5, 0.6) is 0 Å². The average molecular weight is 411 g/mol. The van der Waals surface area contributed by atoms with E-state index in [1.165, 1.54) is 0 Å². The van der Waals surface area contributed by atoms with Crippen LogP contribution in [0.25, 0.3) is 17.2 Å². The van der Waals surface area contributed by atoms with Crippen molar-refractivity contribution in [1.82, 2.24) is 0 Å². The number of halogens is 6. The third-order valence-corrected chi connectivity index (χ3v) is 5.04. The molecular formula is C23H21F6. The van der Waals surface area contributed by atoms with Gasteiger partial charge in [0.1, 0.15) is 0 Å². The molecule has 0 N–H and O–H groups in total. The third-order valence-electron chi connectivity index (χ3n) is 5.04. The fourth-order valence-corrected chi connectivity index (χ4v) is 3.58. The minimum atomic E-state index is -4.88. The Morgan fingerprint density at radius 1 is 0.793 bits per heavy atom. The van der Waals surface area contributed by atoms with E-state index in [4.69, 9.17) is 0 Å². The van der Waals surface area contributed by atoms with Crippen LogP contribution in [0.3, 0.4) is 0 Å². The van der Waals surface area contributed by atoms with Gasteiger partial charge in [-0.1, -0.05) is 51.5 Å². The maximum Gasteiger partial charge on any atom is 0.416 e. The number of hydrogen-bond donors (Lipinski definition) is 0. The van der Waals surface area contributed by atoms with E-state index in [0.29, 0.717) is 16.7 Å². The first-order valence-corrected chi connectivity index (χ1v) is 9.24. The lowest BCUT2D eigenvalue weighted by molar-refractivity contribution is -0.143. The number of benzene rings is 2. The summed E-state index contributed by atoms with van der Waals surface area (Å²) in [5, 5.41) is 0. The SMILES string of the molecule is CCC1=Cc2c(ccc(C(C)(C)C)c2-c2cc(C(F)(F)F)cc(C(F)(F)F)c2)[CH]1. The topological polar surface area (TPSA) is 0 Å². The molecule has 0 saturated carbocycles. The zero-order valence-corrected chi connectivity index (χ0v) is 16.5. The van der Waals surface area contributed by atoms with Crippen LogP contribution in [0.2, 0.25) is 0 Å². The van der Waals surface area contributed by atoms with Gasteiger partial charge in [0.25, 0.3) is 0 Å². The number of alkyl halides is 6. The second-order valence-corrected chi connectivity index (χ2v) is 8.25. The Kier molecular flexibility index (Phi) is 5.13. The maximum absolute atomic E-state index is 13.4. The molecule has 0 heterocycles. The van der Waals surface area contributed by atoms with Crippen molar-refractivity contribution < 1.29 is 26.3 Å². The molecule has 2 aromatic rings. The summed E-state index contributed by atoms with van der Waals surface area (Å²) in [5.41, 5.74) is 0.420. The Morgan fingerprint density at radius 3 is 1.79 bits per heavy atom. The van der Waals surface area contributed by atoms with Crippen LogP contribution in [-0.2, 0) is 17.8 Å². The largest absolute Gasteiger partial charge is 0.416 e. The molecule has 1 aliphatic carbocycles. The van der Waals surface area contributed by atoms with E-state index < -0.39 is 28.9 Å². The average Bonchev–Trinajstić information content (AvgIpc) is 3.01. The monoisotopic (exact) mass is 411 g/mol. The minimum absolute atomic E-state index is 0.0732. The van der Waals surface area contributed by atoms with Gasteiger partial charge in [-0.25, -0.2) is 0 Å². The van der Waals surface area contributed by atoms with Gasteiger partial charge in [0.15, 0.2) is 0 Å². The second kappa shape index (κ2) is 6.92. The fourth-order valence-electron chi connectivity index (χ4n) is 3.58. The zero-order chi connectivity index (χ0) is 21.8. The molecule has 155 valence electrons. The maximum atomic E-state index is 13.4. The molecule has 0 aromatic heterocycles. The van der Waals surface area contributed by atoms with Gasteiger partial charge >= 0.3 is 12.4 Å². The third kappa shape index (κ3) is 4.21. The predicted octanol–water partition coefficient (Wildman–Crippen LogP) is 8.05. The fraction of sp³-hybridized carbons (Fsp3) is 0.348. The first kappa shape index (κ1) is 21.5. The molecule has 29 heavy (non-hydrogen) atoms. The smallest absolute Gasteiger partial charge is 0.166 e. The molecule has 1 aliphatic rings. The number of fused-ring (bicyclic) bond motifs is 1. The summed E-state index contributed by atoms with van der Waals surface area (Å²) in [7, 11) is 0. The molecule has 0 amide bonds. The first-order valence-electron chi connectivity index (χ1n) is 9.24. The van der Waals surface area contributed by atoms with Crippen LogP contribution in [0.15, 0.2) is 35.9 Å². The standard InChI is InChI=1S/C23H21F6/c1-5-13-8-14-6-7-19(21(2,3)4)20(18(14)9-13)15-10-16(22(24,25)26)12-17(11-15)23(27,28)29/h6-12H,5H2,1-4H3. The van der Waals surface area contributed by atoms with Gasteiger partial charge in [-0.05, 0) is 57.9 Å². The van der Waals surface area contributed by atoms with Crippen molar-refractivity contribution in [3.05, 3.63) is 70.1 Å². The van der Waals surface area contributed by atoms with E-state index in [2.05, 4.69) is 0 Å². The van der Waals surface area contributed by atoms with E-state index in [-0.39, 0.29) is 11.6 Å². The summed E-state index contributed by atoms with van der Waals surface area (Å²) in [5.74, 6) is 0. The lowest BCUT2D eigenvalue weighted by atomic mass is 9.78. The highest BCUT2D eigenvalue weighted by atomic mass is 19.4. The predicted molar refractivity (Wildman–Crippen MR) is 102 cm³/mol. The summed E-state index contributed by atoms with van der Waals surface area (Å²) in [6, 6.07) is 5.47. The Hall–Kier alpha value is -2.24. The molecule has 2 aromatic carbocycles. The van der Waals surface area contributed by atoms with Crippen molar-refractivity contribution >= 4 is 6.08 Å². The normalized spacial score (nSPS) is 14.8. The second-order valence-electron chi connectivity index (χ2n) is 8.25. The first-order chi connectivity index (χ1) is 13.2. The summed E-state index contributed by atoms with van der Waals surface area (Å²) in [6.45, 7) is 7.61. The van der Waals surface area contributed by atoms with Gasteiger partial charge in [0.05, 0.1) is 11.1 Å². The Morgan fingerprint density at radius 2 is 1.34 bits per heavy atom. The number of allylic oxidation sites excluding steroid dienone is 1. The molecule has 3 rings (SSSR count). The number of hydrogen-bond acceptors (Lipinski definition) is 0. The van der Waals surface area contributed by atoms with Crippen LogP contribution in [-0.4, -0.2) is 0 Å². The van der Waals surface area contributed by atoms with E-state index in [0.717, 1.165) is 29.7 Å². The van der Waals surface area contributed by atoms with Crippen LogP contribution < -0.4 is 0 Å². The van der Waals surface area contributed by atoms with Crippen LogP contribution in [0, 0.1) is 6.42 Å². The molecule has 6 heteroatoms. The molecule has 0 spiro atoms. The van der Waals surface area contributed by atoms with E-state index in [9.17, 15) is 26.3 Å². The van der Waals surface area contributed by atoms with Crippen LogP contribution in [0.4, 0.5) is 26.3 Å². The van der Waals surface area contributed by atoms with Crippen molar-refractivity contribution in [3.8, 4) is 11.1 Å². The summed E-state index contributed by atoms with van der Waals surface area (Å²) < 4.78 is 80.3. The Balaban J connectivity index is 2.39.